The van der Waals surface area contributed by atoms with Crippen LogP contribution in [0.2, 0.25) is 0 Å². The molecule has 20 heavy (non-hydrogen) atoms. The SMILES string of the molecule is CCCCC(CC)Cn1c(=S)[nH]c2ccc(OC)cc21. The van der Waals surface area contributed by atoms with Gasteiger partial charge >= 0.3 is 0 Å². The highest BCUT2D eigenvalue weighted by atomic mass is 32.1. The van der Waals surface area contributed by atoms with Gasteiger partial charge < -0.3 is 14.3 Å². The van der Waals surface area contributed by atoms with Crippen LogP contribution in [0.1, 0.15) is 39.5 Å². The van der Waals surface area contributed by atoms with E-state index in [1.54, 1.807) is 7.11 Å². The van der Waals surface area contributed by atoms with Crippen molar-refractivity contribution >= 4 is 23.3 Å². The molecule has 0 aliphatic rings. The Bertz CT molecular complexity index is 614. The minimum absolute atomic E-state index is 0.687. The molecule has 0 radical (unpaired) electrons. The standard InChI is InChI=1S/C16H24N2OS/c1-4-6-7-12(5-2)11-18-15-10-13(19-3)8-9-14(15)17-16(18)20/h8-10,12H,4-7,11H2,1-3H3,(H,17,20). The average molecular weight is 292 g/mol. The molecule has 3 nitrogen and oxygen atoms in total. The Morgan fingerprint density at radius 2 is 2.15 bits per heavy atom. The Hall–Kier alpha value is -1.29. The molecule has 2 rings (SSSR count). The van der Waals surface area contributed by atoms with Gasteiger partial charge in [-0.25, -0.2) is 0 Å². The number of rotatable bonds is 7. The van der Waals surface area contributed by atoms with Crippen LogP contribution in [0.3, 0.4) is 0 Å². The molecule has 1 N–H and O–H groups in total. The van der Waals surface area contributed by atoms with E-state index in [1.807, 2.05) is 12.1 Å². The summed E-state index contributed by atoms with van der Waals surface area (Å²) < 4.78 is 8.35. The lowest BCUT2D eigenvalue weighted by Crippen LogP contribution is -2.10. The van der Waals surface area contributed by atoms with Gasteiger partial charge in [0.15, 0.2) is 4.77 Å². The second-order valence-electron chi connectivity index (χ2n) is 5.34. The predicted octanol–water partition coefficient (Wildman–Crippen LogP) is 4.92. The van der Waals surface area contributed by atoms with Crippen molar-refractivity contribution in [1.82, 2.24) is 9.55 Å². The first-order valence-corrected chi connectivity index (χ1v) is 7.87. The Labute approximate surface area is 126 Å². The molecule has 0 aliphatic heterocycles. The minimum atomic E-state index is 0.687. The number of aromatic nitrogens is 2. The number of methoxy groups -OCH3 is 1. The molecule has 1 heterocycles. The fourth-order valence-corrected chi connectivity index (χ4v) is 2.90. The number of hydrogen-bond donors (Lipinski definition) is 1. The molecular weight excluding hydrogens is 268 g/mol. The highest BCUT2D eigenvalue weighted by Gasteiger charge is 2.11. The Morgan fingerprint density at radius 1 is 1.35 bits per heavy atom. The maximum atomic E-state index is 5.48. The number of aromatic amines is 1. The third kappa shape index (κ3) is 3.23. The molecule has 0 amide bonds. The smallest absolute Gasteiger partial charge is 0.178 e. The predicted molar refractivity (Wildman–Crippen MR) is 87.0 cm³/mol. The lowest BCUT2D eigenvalue weighted by molar-refractivity contribution is 0.392. The van der Waals surface area contributed by atoms with Crippen molar-refractivity contribution in [2.45, 2.75) is 46.1 Å². The molecule has 0 saturated heterocycles. The first-order valence-electron chi connectivity index (χ1n) is 7.46. The maximum absolute atomic E-state index is 5.48. The number of H-pyrrole nitrogens is 1. The van der Waals surface area contributed by atoms with Crippen molar-refractivity contribution in [3.8, 4) is 5.75 Å². The van der Waals surface area contributed by atoms with Gasteiger partial charge in [-0.15, -0.1) is 0 Å². The number of nitrogens with zero attached hydrogens (tertiary/aromatic N) is 1. The Balaban J connectivity index is 2.32. The van der Waals surface area contributed by atoms with Crippen LogP contribution in [0.4, 0.5) is 0 Å². The summed E-state index contributed by atoms with van der Waals surface area (Å²) >= 11 is 5.48. The summed E-state index contributed by atoms with van der Waals surface area (Å²) in [7, 11) is 1.70. The summed E-state index contributed by atoms with van der Waals surface area (Å²) in [6.45, 7) is 5.50. The molecule has 4 heteroatoms. The number of ether oxygens (including phenoxy) is 1. The van der Waals surface area contributed by atoms with E-state index in [9.17, 15) is 0 Å². The van der Waals surface area contributed by atoms with Crippen LogP contribution in [0.25, 0.3) is 11.0 Å². The third-order valence-corrected chi connectivity index (χ3v) is 4.29. The third-order valence-electron chi connectivity index (χ3n) is 3.97. The van der Waals surface area contributed by atoms with Crippen molar-refractivity contribution in [2.24, 2.45) is 5.92 Å². The number of benzene rings is 1. The molecule has 1 unspecified atom stereocenters. The lowest BCUT2D eigenvalue weighted by Gasteiger charge is -2.16. The van der Waals surface area contributed by atoms with E-state index in [4.69, 9.17) is 17.0 Å². The van der Waals surface area contributed by atoms with E-state index in [2.05, 4.69) is 29.5 Å². The van der Waals surface area contributed by atoms with Gasteiger partial charge in [-0.05, 0) is 36.7 Å². The van der Waals surface area contributed by atoms with Gasteiger partial charge in [0.25, 0.3) is 0 Å². The molecule has 1 aromatic heterocycles. The summed E-state index contributed by atoms with van der Waals surface area (Å²) in [4.78, 5) is 3.29. The Morgan fingerprint density at radius 3 is 2.80 bits per heavy atom. The first-order chi connectivity index (χ1) is 9.69. The van der Waals surface area contributed by atoms with Crippen molar-refractivity contribution in [2.75, 3.05) is 7.11 Å². The fourth-order valence-electron chi connectivity index (χ4n) is 2.62. The molecule has 0 fully saturated rings. The van der Waals surface area contributed by atoms with Crippen LogP contribution in [-0.4, -0.2) is 16.7 Å². The summed E-state index contributed by atoms with van der Waals surface area (Å²) in [5, 5.41) is 0. The average Bonchev–Trinajstić information content (AvgIpc) is 2.78. The minimum Gasteiger partial charge on any atom is -0.497 e. The zero-order chi connectivity index (χ0) is 14.5. The molecule has 110 valence electrons. The quantitative estimate of drug-likeness (QED) is 0.734. The van der Waals surface area contributed by atoms with E-state index in [0.29, 0.717) is 5.92 Å². The summed E-state index contributed by atoms with van der Waals surface area (Å²) in [5.74, 6) is 1.56. The van der Waals surface area contributed by atoms with Crippen molar-refractivity contribution in [3.05, 3.63) is 23.0 Å². The number of nitrogens with one attached hydrogen (secondary N) is 1. The van der Waals surface area contributed by atoms with Crippen LogP contribution < -0.4 is 4.74 Å². The second-order valence-corrected chi connectivity index (χ2v) is 5.73. The van der Waals surface area contributed by atoms with Gasteiger partial charge in [-0.1, -0.05) is 33.1 Å². The molecule has 0 saturated carbocycles. The van der Waals surface area contributed by atoms with Gasteiger partial charge in [0.05, 0.1) is 18.1 Å². The lowest BCUT2D eigenvalue weighted by atomic mass is 9.99. The largest absolute Gasteiger partial charge is 0.497 e. The van der Waals surface area contributed by atoms with E-state index < -0.39 is 0 Å². The summed E-state index contributed by atoms with van der Waals surface area (Å²) in [5.41, 5.74) is 2.23. The first kappa shape index (κ1) is 15.1. The van der Waals surface area contributed by atoms with E-state index in [0.717, 1.165) is 28.1 Å². The zero-order valence-corrected chi connectivity index (χ0v) is 13.4. The number of unbranched alkanes of at least 4 members (excludes halogenated alkanes) is 1. The number of imidazole rings is 1. The van der Waals surface area contributed by atoms with Gasteiger partial charge in [-0.3, -0.25) is 0 Å². The number of fused-ring (bicyclic) bond motifs is 1. The van der Waals surface area contributed by atoms with Crippen LogP contribution in [-0.2, 0) is 6.54 Å². The second kappa shape index (κ2) is 6.93. The van der Waals surface area contributed by atoms with E-state index >= 15 is 0 Å². The highest BCUT2D eigenvalue weighted by molar-refractivity contribution is 7.71. The van der Waals surface area contributed by atoms with Crippen molar-refractivity contribution in [1.29, 1.82) is 0 Å². The van der Waals surface area contributed by atoms with E-state index in [1.165, 1.54) is 25.7 Å². The topological polar surface area (TPSA) is 29.9 Å². The summed E-state index contributed by atoms with van der Waals surface area (Å²) in [6, 6.07) is 6.06. The molecule has 1 aromatic carbocycles. The van der Waals surface area contributed by atoms with Gasteiger partial charge in [0.2, 0.25) is 0 Å². The molecular formula is C16H24N2OS. The normalized spacial score (nSPS) is 12.8. The molecule has 0 aliphatic carbocycles. The molecule has 0 spiro atoms. The van der Waals surface area contributed by atoms with Crippen LogP contribution in [0, 0.1) is 10.7 Å². The van der Waals surface area contributed by atoms with Crippen LogP contribution >= 0.6 is 12.2 Å². The summed E-state index contributed by atoms with van der Waals surface area (Å²) in [6.07, 6.45) is 5.00. The molecule has 2 aromatic rings. The fraction of sp³-hybridized carbons (Fsp3) is 0.562. The van der Waals surface area contributed by atoms with Crippen molar-refractivity contribution < 1.29 is 4.74 Å². The van der Waals surface area contributed by atoms with Gasteiger partial charge in [0, 0.05) is 12.6 Å². The zero-order valence-electron chi connectivity index (χ0n) is 12.6. The number of hydrogen-bond acceptors (Lipinski definition) is 2. The molecule has 0 bridgehead atoms. The van der Waals surface area contributed by atoms with Crippen LogP contribution in [0.5, 0.6) is 5.75 Å². The Kier molecular flexibility index (Phi) is 5.24. The highest BCUT2D eigenvalue weighted by Crippen LogP contribution is 2.23. The van der Waals surface area contributed by atoms with Gasteiger partial charge in [-0.2, -0.15) is 0 Å². The molecule has 1 atom stereocenters. The van der Waals surface area contributed by atoms with E-state index in [-0.39, 0.29) is 0 Å². The van der Waals surface area contributed by atoms with Crippen molar-refractivity contribution in [3.63, 3.8) is 0 Å². The van der Waals surface area contributed by atoms with Gasteiger partial charge in [0.1, 0.15) is 5.75 Å². The monoisotopic (exact) mass is 292 g/mol. The maximum Gasteiger partial charge on any atom is 0.178 e. The van der Waals surface area contributed by atoms with Crippen LogP contribution in [0.15, 0.2) is 18.2 Å².